The topological polar surface area (TPSA) is 122 Å². The van der Waals surface area contributed by atoms with E-state index in [2.05, 4.69) is 25.1 Å². The number of halogens is 1. The highest BCUT2D eigenvalue weighted by Crippen LogP contribution is 2.27. The van der Waals surface area contributed by atoms with Crippen molar-refractivity contribution in [1.82, 2.24) is 15.0 Å². The van der Waals surface area contributed by atoms with Crippen molar-refractivity contribution in [3.05, 3.63) is 34.6 Å². The van der Waals surface area contributed by atoms with E-state index in [1.165, 1.54) is 13.2 Å². The van der Waals surface area contributed by atoms with Gasteiger partial charge in [-0.05, 0) is 18.2 Å². The van der Waals surface area contributed by atoms with Crippen LogP contribution < -0.4 is 10.1 Å². The molecule has 0 aliphatic carbocycles. The summed E-state index contributed by atoms with van der Waals surface area (Å²) in [5.74, 6) is -1.83. The Hall–Kier alpha value is -3.14. The Balaban J connectivity index is 2.21. The van der Waals surface area contributed by atoms with Crippen LogP contribution in [-0.4, -0.2) is 54.2 Å². The normalized spacial score (nSPS) is 10.2. The Morgan fingerprint density at radius 1 is 1.15 bits per heavy atom. The number of nitrogens with zero attached hydrogens (tertiary/aromatic N) is 3. The fourth-order valence-corrected chi connectivity index (χ4v) is 2.29. The lowest BCUT2D eigenvalue weighted by Gasteiger charge is -2.09. The molecule has 0 unspecified atom stereocenters. The van der Waals surface area contributed by atoms with E-state index >= 15 is 0 Å². The molecule has 2 aromatic rings. The molecule has 138 valence electrons. The van der Waals surface area contributed by atoms with Gasteiger partial charge in [0.25, 0.3) is 0 Å². The van der Waals surface area contributed by atoms with Crippen LogP contribution in [0.4, 0.5) is 5.69 Å². The van der Waals surface area contributed by atoms with Crippen molar-refractivity contribution in [3.8, 4) is 5.75 Å². The molecule has 2 rings (SSSR count). The fourth-order valence-electron chi connectivity index (χ4n) is 2.04. The fraction of sp³-hybridized carbons (Fsp3) is 0.267. The second-order valence-corrected chi connectivity index (χ2v) is 5.23. The van der Waals surface area contributed by atoms with Crippen LogP contribution in [0.2, 0.25) is 5.02 Å². The summed E-state index contributed by atoms with van der Waals surface area (Å²) < 4.78 is 15.1. The number of benzene rings is 1. The van der Waals surface area contributed by atoms with Gasteiger partial charge in [0, 0.05) is 5.69 Å². The molecule has 1 heterocycles. The molecule has 0 aliphatic rings. The Kier molecular flexibility index (Phi) is 6.12. The number of esters is 2. The lowest BCUT2D eigenvalue weighted by molar-refractivity contribution is -0.116. The molecule has 1 N–H and O–H groups in total. The predicted octanol–water partition coefficient (Wildman–Crippen LogP) is 1.15. The molecular weight excluding hydrogens is 368 g/mol. The third-order valence-electron chi connectivity index (χ3n) is 3.22. The number of amides is 1. The minimum absolute atomic E-state index is 0.290. The van der Waals surface area contributed by atoms with Gasteiger partial charge in [-0.3, -0.25) is 4.79 Å². The Labute approximate surface area is 153 Å². The second kappa shape index (κ2) is 8.30. The van der Waals surface area contributed by atoms with Gasteiger partial charge >= 0.3 is 11.9 Å². The van der Waals surface area contributed by atoms with Crippen LogP contribution in [0.3, 0.4) is 0 Å². The molecule has 0 saturated carbocycles. The molecule has 0 atom stereocenters. The number of ether oxygens (including phenoxy) is 3. The van der Waals surface area contributed by atoms with Gasteiger partial charge in [-0.25, -0.2) is 14.3 Å². The number of aromatic nitrogens is 3. The third kappa shape index (κ3) is 4.09. The highest BCUT2D eigenvalue weighted by atomic mass is 35.5. The summed E-state index contributed by atoms with van der Waals surface area (Å²) in [4.78, 5) is 35.8. The standard InChI is InChI=1S/C15H15ClN4O6/c1-24-10-5-4-8(6-9(10)16)17-11(21)7-20-13(15(23)26-3)12(18-19-20)14(22)25-2/h4-6H,7H2,1-3H3,(H,17,21). The molecule has 11 heteroatoms. The number of anilines is 1. The molecule has 0 saturated heterocycles. The van der Waals surface area contributed by atoms with E-state index in [4.69, 9.17) is 16.3 Å². The summed E-state index contributed by atoms with van der Waals surface area (Å²) in [6, 6.07) is 4.68. The number of carbonyl (C=O) groups excluding carboxylic acids is 3. The number of carbonyl (C=O) groups is 3. The molecule has 1 amide bonds. The summed E-state index contributed by atoms with van der Waals surface area (Å²) >= 11 is 6.00. The van der Waals surface area contributed by atoms with E-state index in [0.717, 1.165) is 18.9 Å². The van der Waals surface area contributed by atoms with Crippen molar-refractivity contribution in [2.45, 2.75) is 6.54 Å². The summed E-state index contributed by atoms with van der Waals surface area (Å²) in [6.07, 6.45) is 0. The summed E-state index contributed by atoms with van der Waals surface area (Å²) in [7, 11) is 3.72. The zero-order valence-electron chi connectivity index (χ0n) is 14.1. The highest BCUT2D eigenvalue weighted by Gasteiger charge is 2.27. The minimum atomic E-state index is -0.879. The third-order valence-corrected chi connectivity index (χ3v) is 3.52. The van der Waals surface area contributed by atoms with Crippen LogP contribution in [0.15, 0.2) is 18.2 Å². The number of methoxy groups -OCH3 is 3. The number of hydrogen-bond acceptors (Lipinski definition) is 8. The summed E-state index contributed by atoms with van der Waals surface area (Å²) in [5.41, 5.74) is -0.226. The SMILES string of the molecule is COC(=O)c1nnn(CC(=O)Nc2ccc(OC)c(Cl)c2)c1C(=O)OC. The highest BCUT2D eigenvalue weighted by molar-refractivity contribution is 6.32. The largest absolute Gasteiger partial charge is 0.495 e. The lowest BCUT2D eigenvalue weighted by Crippen LogP contribution is -2.23. The summed E-state index contributed by atoms with van der Waals surface area (Å²) in [5, 5.41) is 10.1. The lowest BCUT2D eigenvalue weighted by atomic mass is 10.3. The van der Waals surface area contributed by atoms with Gasteiger partial charge in [-0.15, -0.1) is 5.10 Å². The van der Waals surface area contributed by atoms with Crippen LogP contribution in [-0.2, 0) is 20.8 Å². The van der Waals surface area contributed by atoms with Crippen molar-refractivity contribution in [2.24, 2.45) is 0 Å². The van der Waals surface area contributed by atoms with E-state index in [1.807, 2.05) is 0 Å². The maximum absolute atomic E-state index is 12.2. The Morgan fingerprint density at radius 2 is 1.85 bits per heavy atom. The van der Waals surface area contributed by atoms with E-state index in [1.54, 1.807) is 12.1 Å². The Morgan fingerprint density at radius 3 is 2.42 bits per heavy atom. The van der Waals surface area contributed by atoms with E-state index in [9.17, 15) is 14.4 Å². The van der Waals surface area contributed by atoms with Gasteiger partial charge in [0.15, 0.2) is 5.69 Å². The van der Waals surface area contributed by atoms with Crippen LogP contribution >= 0.6 is 11.6 Å². The van der Waals surface area contributed by atoms with E-state index < -0.39 is 24.4 Å². The Bertz CT molecular complexity index is 851. The van der Waals surface area contributed by atoms with Crippen molar-refractivity contribution < 1.29 is 28.6 Å². The van der Waals surface area contributed by atoms with Gasteiger partial charge in [-0.2, -0.15) is 0 Å². The van der Waals surface area contributed by atoms with Gasteiger partial charge < -0.3 is 19.5 Å². The molecule has 1 aromatic heterocycles. The number of rotatable bonds is 6. The van der Waals surface area contributed by atoms with Crippen LogP contribution in [0.25, 0.3) is 0 Å². The zero-order chi connectivity index (χ0) is 19.3. The molecule has 0 radical (unpaired) electrons. The first-order valence-corrected chi connectivity index (χ1v) is 7.52. The first-order valence-electron chi connectivity index (χ1n) is 7.14. The van der Waals surface area contributed by atoms with Gasteiger partial charge in [-0.1, -0.05) is 16.8 Å². The first kappa shape index (κ1) is 19.2. The van der Waals surface area contributed by atoms with E-state index in [-0.39, 0.29) is 11.4 Å². The molecule has 0 aliphatic heterocycles. The van der Waals surface area contributed by atoms with E-state index in [0.29, 0.717) is 16.5 Å². The molecule has 0 spiro atoms. The molecular formula is C15H15ClN4O6. The van der Waals surface area contributed by atoms with Gasteiger partial charge in [0.1, 0.15) is 12.3 Å². The smallest absolute Gasteiger partial charge is 0.361 e. The van der Waals surface area contributed by atoms with Gasteiger partial charge in [0.2, 0.25) is 11.6 Å². The van der Waals surface area contributed by atoms with Crippen molar-refractivity contribution >= 4 is 35.1 Å². The van der Waals surface area contributed by atoms with Crippen LogP contribution in [0, 0.1) is 0 Å². The molecule has 10 nitrogen and oxygen atoms in total. The maximum Gasteiger partial charge on any atom is 0.361 e. The maximum atomic E-state index is 12.2. The van der Waals surface area contributed by atoms with Crippen LogP contribution in [0.1, 0.15) is 21.0 Å². The quantitative estimate of drug-likeness (QED) is 0.738. The van der Waals surface area contributed by atoms with Crippen molar-refractivity contribution in [3.63, 3.8) is 0 Å². The zero-order valence-corrected chi connectivity index (χ0v) is 14.9. The average molecular weight is 383 g/mol. The van der Waals surface area contributed by atoms with Crippen molar-refractivity contribution in [2.75, 3.05) is 26.6 Å². The number of hydrogen-bond donors (Lipinski definition) is 1. The molecule has 26 heavy (non-hydrogen) atoms. The monoisotopic (exact) mass is 382 g/mol. The summed E-state index contributed by atoms with van der Waals surface area (Å²) in [6.45, 7) is -0.391. The molecule has 0 bridgehead atoms. The molecule has 0 fully saturated rings. The molecule has 1 aromatic carbocycles. The van der Waals surface area contributed by atoms with Gasteiger partial charge in [0.05, 0.1) is 26.4 Å². The second-order valence-electron chi connectivity index (χ2n) is 4.82. The minimum Gasteiger partial charge on any atom is -0.495 e. The predicted molar refractivity (Wildman–Crippen MR) is 89.3 cm³/mol. The number of nitrogens with one attached hydrogen (secondary N) is 1. The van der Waals surface area contributed by atoms with Crippen molar-refractivity contribution in [1.29, 1.82) is 0 Å². The first-order chi connectivity index (χ1) is 12.4. The van der Waals surface area contributed by atoms with Crippen LogP contribution in [0.5, 0.6) is 5.75 Å². The average Bonchev–Trinajstić information content (AvgIpc) is 3.03.